The summed E-state index contributed by atoms with van der Waals surface area (Å²) in [5, 5.41) is 0. The van der Waals surface area contributed by atoms with Gasteiger partial charge in [-0.3, -0.25) is 0 Å². The van der Waals surface area contributed by atoms with Gasteiger partial charge in [-0.1, -0.05) is 48.9 Å². The third-order valence-electron chi connectivity index (χ3n) is 3.53. The molecule has 0 spiro atoms. The minimum absolute atomic E-state index is 0.113. The van der Waals surface area contributed by atoms with Crippen LogP contribution in [0.3, 0.4) is 0 Å². The molecule has 2 aromatic rings. The van der Waals surface area contributed by atoms with Gasteiger partial charge in [0.1, 0.15) is 0 Å². The van der Waals surface area contributed by atoms with Crippen LogP contribution < -0.4 is 4.90 Å². The molecule has 0 bridgehead atoms. The molecule has 0 saturated carbocycles. The molecular formula is C17H21NO2S. The molecular weight excluding hydrogens is 282 g/mol. The fraction of sp³-hybridized carbons (Fsp3) is 0.294. The summed E-state index contributed by atoms with van der Waals surface area (Å²) in [5.41, 5.74) is 3.13. The van der Waals surface area contributed by atoms with Gasteiger partial charge in [0.2, 0.25) is 0 Å². The summed E-state index contributed by atoms with van der Waals surface area (Å²) < 4.78 is 24.4. The van der Waals surface area contributed by atoms with Crippen molar-refractivity contribution < 1.29 is 8.42 Å². The van der Waals surface area contributed by atoms with Gasteiger partial charge >= 0.3 is 0 Å². The maximum atomic E-state index is 12.2. The Bertz CT molecular complexity index is 706. The molecule has 0 saturated heterocycles. The van der Waals surface area contributed by atoms with Crippen LogP contribution in [0.4, 0.5) is 5.69 Å². The lowest BCUT2D eigenvalue weighted by Gasteiger charge is -2.22. The molecule has 2 rings (SSSR count). The molecule has 0 aromatic heterocycles. The van der Waals surface area contributed by atoms with Crippen molar-refractivity contribution in [2.75, 3.05) is 17.7 Å². The van der Waals surface area contributed by atoms with Crippen molar-refractivity contribution >= 4 is 15.5 Å². The second kappa shape index (κ2) is 6.31. The Morgan fingerprint density at radius 1 is 1.00 bits per heavy atom. The molecule has 2 aromatic carbocycles. The lowest BCUT2D eigenvalue weighted by atomic mass is 10.1. The van der Waals surface area contributed by atoms with Crippen LogP contribution in [0.1, 0.15) is 18.1 Å². The highest BCUT2D eigenvalue weighted by Crippen LogP contribution is 2.26. The highest BCUT2D eigenvalue weighted by Gasteiger charge is 2.18. The van der Waals surface area contributed by atoms with Crippen molar-refractivity contribution in [3.8, 4) is 0 Å². The number of hydrogen-bond donors (Lipinski definition) is 0. The van der Waals surface area contributed by atoms with Crippen molar-refractivity contribution in [2.24, 2.45) is 0 Å². The molecule has 4 heteroatoms. The van der Waals surface area contributed by atoms with Crippen LogP contribution in [0.2, 0.25) is 0 Å². The number of benzene rings is 2. The largest absolute Gasteiger partial charge is 0.369 e. The Labute approximate surface area is 127 Å². The van der Waals surface area contributed by atoms with Gasteiger partial charge in [0.25, 0.3) is 0 Å². The molecule has 0 radical (unpaired) electrons. The van der Waals surface area contributed by atoms with Crippen molar-refractivity contribution in [1.82, 2.24) is 0 Å². The standard InChI is InChI=1S/C17H21NO2S/c1-4-21(19,20)17-8-6-5-7-16(17)18(3)13-15-11-9-14(2)10-12-15/h5-12H,4,13H2,1-3H3. The number of para-hydroxylation sites is 1. The van der Waals surface area contributed by atoms with Gasteiger partial charge in [0.15, 0.2) is 9.84 Å². The molecule has 0 aliphatic heterocycles. The number of sulfone groups is 1. The molecule has 21 heavy (non-hydrogen) atoms. The Balaban J connectivity index is 2.31. The fourth-order valence-corrected chi connectivity index (χ4v) is 3.38. The van der Waals surface area contributed by atoms with Gasteiger partial charge in [-0.15, -0.1) is 0 Å². The summed E-state index contributed by atoms with van der Waals surface area (Å²) in [6, 6.07) is 15.5. The number of anilines is 1. The van der Waals surface area contributed by atoms with E-state index in [1.165, 1.54) is 5.56 Å². The van der Waals surface area contributed by atoms with Crippen LogP contribution in [-0.4, -0.2) is 21.2 Å². The molecule has 0 aliphatic rings. The van der Waals surface area contributed by atoms with Gasteiger partial charge in [0, 0.05) is 13.6 Å². The minimum Gasteiger partial charge on any atom is -0.369 e. The van der Waals surface area contributed by atoms with E-state index in [2.05, 4.69) is 31.2 Å². The second-order valence-corrected chi connectivity index (χ2v) is 7.46. The zero-order valence-electron chi connectivity index (χ0n) is 12.7. The average Bonchev–Trinajstić information content (AvgIpc) is 2.49. The average molecular weight is 303 g/mol. The first kappa shape index (κ1) is 15.6. The molecule has 0 fully saturated rings. The smallest absolute Gasteiger partial charge is 0.180 e. The molecule has 3 nitrogen and oxygen atoms in total. The minimum atomic E-state index is -3.21. The van der Waals surface area contributed by atoms with Gasteiger partial charge in [0.05, 0.1) is 16.3 Å². The van der Waals surface area contributed by atoms with Crippen molar-refractivity contribution in [3.63, 3.8) is 0 Å². The molecule has 112 valence electrons. The molecule has 0 aliphatic carbocycles. The number of rotatable bonds is 5. The van der Waals surface area contributed by atoms with Crippen molar-refractivity contribution in [1.29, 1.82) is 0 Å². The molecule has 0 heterocycles. The van der Waals surface area contributed by atoms with E-state index >= 15 is 0 Å². The van der Waals surface area contributed by atoms with Crippen LogP contribution in [0, 0.1) is 6.92 Å². The van der Waals surface area contributed by atoms with Crippen LogP contribution in [0.25, 0.3) is 0 Å². The molecule has 0 N–H and O–H groups in total. The third kappa shape index (κ3) is 3.64. The van der Waals surface area contributed by atoms with Crippen molar-refractivity contribution in [2.45, 2.75) is 25.3 Å². The Morgan fingerprint density at radius 3 is 2.24 bits per heavy atom. The van der Waals surface area contributed by atoms with E-state index in [1.807, 2.05) is 24.1 Å². The third-order valence-corrected chi connectivity index (χ3v) is 5.31. The van der Waals surface area contributed by atoms with E-state index in [4.69, 9.17) is 0 Å². The monoisotopic (exact) mass is 303 g/mol. The summed E-state index contributed by atoms with van der Waals surface area (Å²) in [7, 11) is -1.29. The summed E-state index contributed by atoms with van der Waals surface area (Å²) in [5.74, 6) is 0.113. The van der Waals surface area contributed by atoms with E-state index in [0.29, 0.717) is 11.4 Å². The van der Waals surface area contributed by atoms with Crippen LogP contribution in [0.5, 0.6) is 0 Å². The van der Waals surface area contributed by atoms with E-state index in [0.717, 1.165) is 11.3 Å². The van der Waals surface area contributed by atoms with Gasteiger partial charge in [-0.05, 0) is 24.6 Å². The summed E-state index contributed by atoms with van der Waals surface area (Å²) in [6.07, 6.45) is 0. The highest BCUT2D eigenvalue weighted by atomic mass is 32.2. The van der Waals surface area contributed by atoms with Gasteiger partial charge in [-0.2, -0.15) is 0 Å². The fourth-order valence-electron chi connectivity index (χ4n) is 2.24. The Kier molecular flexibility index (Phi) is 4.68. The molecule has 0 amide bonds. The predicted octanol–water partition coefficient (Wildman–Crippen LogP) is 3.43. The SMILES string of the molecule is CCS(=O)(=O)c1ccccc1N(C)Cc1ccc(C)cc1. The Morgan fingerprint density at radius 2 is 1.62 bits per heavy atom. The first-order valence-electron chi connectivity index (χ1n) is 7.02. The Hall–Kier alpha value is -1.81. The lowest BCUT2D eigenvalue weighted by molar-refractivity contribution is 0.597. The normalized spacial score (nSPS) is 11.4. The molecule has 0 atom stereocenters. The maximum absolute atomic E-state index is 12.2. The maximum Gasteiger partial charge on any atom is 0.180 e. The highest BCUT2D eigenvalue weighted by molar-refractivity contribution is 7.91. The predicted molar refractivity (Wildman–Crippen MR) is 87.5 cm³/mol. The quantitative estimate of drug-likeness (QED) is 0.849. The van der Waals surface area contributed by atoms with Crippen LogP contribution in [0.15, 0.2) is 53.4 Å². The lowest BCUT2D eigenvalue weighted by Crippen LogP contribution is -2.19. The number of nitrogens with zero attached hydrogens (tertiary/aromatic N) is 1. The first-order valence-corrected chi connectivity index (χ1v) is 8.67. The topological polar surface area (TPSA) is 37.4 Å². The number of aryl methyl sites for hydroxylation is 1. The van der Waals surface area contributed by atoms with Crippen LogP contribution in [-0.2, 0) is 16.4 Å². The summed E-state index contributed by atoms with van der Waals surface area (Å²) in [4.78, 5) is 2.38. The molecule has 0 unspecified atom stereocenters. The van der Waals surface area contributed by atoms with Gasteiger partial charge < -0.3 is 4.90 Å². The first-order chi connectivity index (χ1) is 9.94. The summed E-state index contributed by atoms with van der Waals surface area (Å²) in [6.45, 7) is 4.40. The van der Waals surface area contributed by atoms with E-state index in [1.54, 1.807) is 19.1 Å². The van der Waals surface area contributed by atoms with Crippen molar-refractivity contribution in [3.05, 3.63) is 59.7 Å². The zero-order valence-corrected chi connectivity index (χ0v) is 13.5. The van der Waals surface area contributed by atoms with Gasteiger partial charge in [-0.25, -0.2) is 8.42 Å². The second-order valence-electron chi connectivity index (χ2n) is 5.21. The van der Waals surface area contributed by atoms with E-state index in [9.17, 15) is 8.42 Å². The van der Waals surface area contributed by atoms with E-state index < -0.39 is 9.84 Å². The number of hydrogen-bond acceptors (Lipinski definition) is 3. The van der Waals surface area contributed by atoms with E-state index in [-0.39, 0.29) is 5.75 Å². The zero-order chi connectivity index (χ0) is 15.5. The van der Waals surface area contributed by atoms with Crippen LogP contribution >= 0.6 is 0 Å². The summed E-state index contributed by atoms with van der Waals surface area (Å²) >= 11 is 0.